The molecule has 0 atom stereocenters. The smallest absolute Gasteiger partial charge is 0.131 e. The first kappa shape index (κ1) is 42.4. The second kappa shape index (κ2) is 18.1. The topological polar surface area (TPSA) is 43.3 Å². The molecule has 66 heavy (non-hydrogen) atoms. The highest BCUT2D eigenvalue weighted by Gasteiger charge is 2.23. The Kier molecular flexibility index (Phi) is 11.7. The molecule has 0 aliphatic carbocycles. The second-order valence-electron chi connectivity index (χ2n) is 17.9. The number of benzene rings is 11. The lowest BCUT2D eigenvalue weighted by Gasteiger charge is -2.28. The van der Waals surface area contributed by atoms with E-state index in [1.54, 1.807) is 0 Å². The zero-order valence-electron chi connectivity index (χ0n) is 37.4. The number of aromatic hydroxyl groups is 1. The van der Waals surface area contributed by atoms with Crippen LogP contribution in [0.1, 0.15) is 5.56 Å². The molecule has 0 heterocycles. The maximum Gasteiger partial charge on any atom is 0.131 e. The Labute approximate surface area is 388 Å². The van der Waals surface area contributed by atoms with E-state index in [1.165, 1.54) is 21.5 Å². The van der Waals surface area contributed by atoms with E-state index in [9.17, 15) is 10.2 Å². The SMILES string of the molecule is C[N+](C)(C)Cc1ccccc1P(c1ccccc1)c1ccccc1.[O-]c1c(-c2ccc3ccccc3c2)cc2ccccc2c1-c1c(O)c(-c2ccc3ccccc3c2)cc2ccccc12. The summed E-state index contributed by atoms with van der Waals surface area (Å²) in [5, 5.41) is 39.1. The molecule has 11 rings (SSSR count). The van der Waals surface area contributed by atoms with Crippen molar-refractivity contribution >= 4 is 66.9 Å². The normalized spacial score (nSPS) is 11.6. The highest BCUT2D eigenvalue weighted by atomic mass is 31.1. The van der Waals surface area contributed by atoms with Crippen molar-refractivity contribution in [3.8, 4) is 44.9 Å². The molecule has 11 aromatic rings. The minimum absolute atomic E-state index is 0.0971. The van der Waals surface area contributed by atoms with Gasteiger partial charge in [0.25, 0.3) is 0 Å². The summed E-state index contributed by atoms with van der Waals surface area (Å²) in [5.74, 6) is 0.0157. The van der Waals surface area contributed by atoms with E-state index in [4.69, 9.17) is 0 Å². The van der Waals surface area contributed by atoms with Crippen molar-refractivity contribution in [2.45, 2.75) is 6.54 Å². The minimum Gasteiger partial charge on any atom is -0.872 e. The van der Waals surface area contributed by atoms with Crippen LogP contribution in [-0.2, 0) is 6.54 Å². The summed E-state index contributed by atoms with van der Waals surface area (Å²) < 4.78 is 0.934. The van der Waals surface area contributed by atoms with E-state index >= 15 is 0 Å². The summed E-state index contributed by atoms with van der Waals surface area (Å²) in [4.78, 5) is 0. The fraction of sp³-hybridized carbons (Fsp3) is 0.0645. The summed E-state index contributed by atoms with van der Waals surface area (Å²) in [6.45, 7) is 1.04. The number of nitrogens with zero attached hydrogens (tertiary/aromatic N) is 1. The molecule has 0 saturated heterocycles. The third-order valence-electron chi connectivity index (χ3n) is 12.3. The number of phenolic OH excluding ortho intramolecular Hbond substituents is 1. The van der Waals surface area contributed by atoms with Crippen LogP contribution in [0.15, 0.2) is 231 Å². The van der Waals surface area contributed by atoms with Crippen LogP contribution in [0.25, 0.3) is 76.5 Å². The lowest BCUT2D eigenvalue weighted by Crippen LogP contribution is -2.36. The Balaban J connectivity index is 0.000000181. The molecule has 4 heteroatoms. The maximum absolute atomic E-state index is 14.6. The molecular formula is C62H50NO2P. The van der Waals surface area contributed by atoms with Gasteiger partial charge >= 0.3 is 0 Å². The lowest BCUT2D eigenvalue weighted by atomic mass is 9.86. The van der Waals surface area contributed by atoms with Gasteiger partial charge in [0.15, 0.2) is 0 Å². The molecular weight excluding hydrogens is 822 g/mol. The summed E-state index contributed by atoms with van der Waals surface area (Å²) in [6, 6.07) is 79.5. The Bertz CT molecular complexity index is 3320. The van der Waals surface area contributed by atoms with Crippen LogP contribution in [-0.4, -0.2) is 30.7 Å². The molecule has 0 unspecified atom stereocenters. The second-order valence-corrected chi connectivity index (χ2v) is 20.1. The fourth-order valence-corrected chi connectivity index (χ4v) is 11.7. The van der Waals surface area contributed by atoms with Crippen molar-refractivity contribution in [1.82, 2.24) is 0 Å². The summed E-state index contributed by atoms with van der Waals surface area (Å²) >= 11 is 0. The Hall–Kier alpha value is -7.55. The average Bonchev–Trinajstić information content (AvgIpc) is 3.35. The first-order valence-corrected chi connectivity index (χ1v) is 23.8. The number of phenols is 1. The van der Waals surface area contributed by atoms with Crippen molar-refractivity contribution in [2.75, 3.05) is 21.1 Å². The van der Waals surface area contributed by atoms with E-state index in [0.29, 0.717) is 22.3 Å². The van der Waals surface area contributed by atoms with E-state index < -0.39 is 7.92 Å². The number of hydrogen-bond acceptors (Lipinski definition) is 2. The molecule has 0 aliphatic rings. The van der Waals surface area contributed by atoms with Crippen LogP contribution in [0.5, 0.6) is 11.5 Å². The van der Waals surface area contributed by atoms with E-state index in [-0.39, 0.29) is 11.5 Å². The number of hydrogen-bond donors (Lipinski definition) is 1. The van der Waals surface area contributed by atoms with Crippen LogP contribution in [0, 0.1) is 0 Å². The predicted octanol–water partition coefficient (Wildman–Crippen LogP) is 13.7. The van der Waals surface area contributed by atoms with Crippen molar-refractivity contribution < 1.29 is 14.7 Å². The van der Waals surface area contributed by atoms with Crippen molar-refractivity contribution in [2.24, 2.45) is 0 Å². The Morgan fingerprint density at radius 1 is 0.409 bits per heavy atom. The lowest BCUT2D eigenvalue weighted by molar-refractivity contribution is -0.883. The number of rotatable bonds is 8. The molecule has 0 aliphatic heterocycles. The van der Waals surface area contributed by atoms with Crippen LogP contribution in [0.2, 0.25) is 0 Å². The third-order valence-corrected chi connectivity index (χ3v) is 14.8. The van der Waals surface area contributed by atoms with Gasteiger partial charge in [-0.3, -0.25) is 0 Å². The highest BCUT2D eigenvalue weighted by molar-refractivity contribution is 7.79. The van der Waals surface area contributed by atoms with Crippen LogP contribution >= 0.6 is 7.92 Å². The van der Waals surface area contributed by atoms with Crippen molar-refractivity contribution in [3.05, 3.63) is 236 Å². The molecule has 1 N–H and O–H groups in total. The van der Waals surface area contributed by atoms with Gasteiger partial charge in [0, 0.05) is 16.7 Å². The third kappa shape index (κ3) is 8.55. The molecule has 0 amide bonds. The zero-order chi connectivity index (χ0) is 45.2. The Morgan fingerprint density at radius 2 is 0.833 bits per heavy atom. The molecule has 0 saturated carbocycles. The van der Waals surface area contributed by atoms with E-state index in [2.05, 4.69) is 155 Å². The largest absolute Gasteiger partial charge is 0.872 e. The summed E-state index contributed by atoms with van der Waals surface area (Å²) in [6.07, 6.45) is 0. The van der Waals surface area contributed by atoms with Crippen LogP contribution < -0.4 is 21.0 Å². The van der Waals surface area contributed by atoms with Gasteiger partial charge < -0.3 is 14.7 Å². The van der Waals surface area contributed by atoms with Crippen LogP contribution in [0.3, 0.4) is 0 Å². The number of quaternary nitrogens is 1. The molecule has 11 aromatic carbocycles. The molecule has 0 fully saturated rings. The van der Waals surface area contributed by atoms with Gasteiger partial charge in [-0.2, -0.15) is 0 Å². The van der Waals surface area contributed by atoms with Gasteiger partial charge in [0.2, 0.25) is 0 Å². The summed E-state index contributed by atoms with van der Waals surface area (Å²) in [7, 11) is 6.23. The van der Waals surface area contributed by atoms with Gasteiger partial charge in [-0.15, -0.1) is 0 Å². The average molecular weight is 872 g/mol. The molecule has 3 nitrogen and oxygen atoms in total. The summed E-state index contributed by atoms with van der Waals surface area (Å²) in [5.41, 5.74) is 5.63. The minimum atomic E-state index is -0.530. The molecule has 320 valence electrons. The maximum atomic E-state index is 14.6. The molecule has 0 aromatic heterocycles. The van der Waals surface area contributed by atoms with Gasteiger partial charge in [-0.1, -0.05) is 212 Å². The van der Waals surface area contributed by atoms with Gasteiger partial charge in [0.1, 0.15) is 12.3 Å². The van der Waals surface area contributed by atoms with Crippen LogP contribution in [0.4, 0.5) is 0 Å². The molecule has 0 bridgehead atoms. The van der Waals surface area contributed by atoms with Gasteiger partial charge in [0.05, 0.1) is 21.1 Å². The first-order valence-electron chi connectivity index (χ1n) is 22.4. The van der Waals surface area contributed by atoms with E-state index in [1.807, 2.05) is 97.1 Å². The van der Waals surface area contributed by atoms with Gasteiger partial charge in [-0.05, 0) is 113 Å². The van der Waals surface area contributed by atoms with Crippen molar-refractivity contribution in [1.29, 1.82) is 0 Å². The zero-order valence-corrected chi connectivity index (χ0v) is 38.3. The first-order chi connectivity index (χ1) is 32.2. The predicted molar refractivity (Wildman–Crippen MR) is 281 cm³/mol. The van der Waals surface area contributed by atoms with Crippen molar-refractivity contribution in [3.63, 3.8) is 0 Å². The quantitative estimate of drug-likeness (QED) is 0.122. The molecule has 0 radical (unpaired) electrons. The monoisotopic (exact) mass is 871 g/mol. The van der Waals surface area contributed by atoms with E-state index in [0.717, 1.165) is 65.2 Å². The highest BCUT2D eigenvalue weighted by Crippen LogP contribution is 2.51. The Morgan fingerprint density at radius 3 is 1.38 bits per heavy atom. The molecule has 0 spiro atoms. The number of fused-ring (bicyclic) bond motifs is 4. The van der Waals surface area contributed by atoms with Gasteiger partial charge in [-0.25, -0.2) is 0 Å². The standard InChI is InChI=1S/C40H26O2.C22H25NP/c41-39-35(31-19-17-25-9-1-3-11-27(25)21-31)23-29-13-5-7-15-33(29)37(39)38-34-16-8-6-14-30(34)24-36(40(38)42)32-20-18-26-10-2-4-12-28(26)22-32;1-23(2,3)18-19-12-10-11-17-22(19)24(20-13-6-4-7-14-20)21-15-8-5-9-16-21/h1-24,41-42H;4-17H,18H2,1-3H3/q;+1/p-1. The fourth-order valence-electron chi connectivity index (χ4n) is 9.27.